The molecule has 0 aromatic heterocycles. The van der Waals surface area contributed by atoms with Crippen LogP contribution in [0, 0.1) is 5.92 Å². The molecule has 0 spiro atoms. The summed E-state index contributed by atoms with van der Waals surface area (Å²) >= 11 is 6.04. The number of halogens is 2. The maximum absolute atomic E-state index is 11.6. The van der Waals surface area contributed by atoms with Crippen molar-refractivity contribution in [3.05, 3.63) is 8.96 Å². The van der Waals surface area contributed by atoms with Gasteiger partial charge in [0.2, 0.25) is 0 Å². The Morgan fingerprint density at radius 2 is 1.62 bits per heavy atom. The molecule has 1 aliphatic rings. The van der Waals surface area contributed by atoms with Crippen LogP contribution in [0.1, 0.15) is 20.3 Å². The third kappa shape index (κ3) is 2.60. The molecule has 0 unspecified atom stereocenters. The van der Waals surface area contributed by atoms with E-state index in [2.05, 4.69) is 31.9 Å². The standard InChI is InChI=1S/C10H11Br2NO3/c1-5(2)6(14)3-4-13-9(15)7(11)8(12)10(13)16/h5H,3-4H2,1-2H3. The van der Waals surface area contributed by atoms with Gasteiger partial charge in [-0.15, -0.1) is 0 Å². The summed E-state index contributed by atoms with van der Waals surface area (Å²) in [4.78, 5) is 35.6. The Morgan fingerprint density at radius 1 is 1.19 bits per heavy atom. The number of Topliss-reactive ketones (excluding diaryl/α,β-unsaturated/α-hetero) is 1. The molecule has 0 aliphatic carbocycles. The van der Waals surface area contributed by atoms with Gasteiger partial charge in [-0.1, -0.05) is 13.8 Å². The molecule has 0 N–H and O–H groups in total. The summed E-state index contributed by atoms with van der Waals surface area (Å²) in [6, 6.07) is 0. The van der Waals surface area contributed by atoms with E-state index in [1.807, 2.05) is 0 Å². The molecular weight excluding hydrogens is 342 g/mol. The Kier molecular flexibility index (Phi) is 4.43. The van der Waals surface area contributed by atoms with Crippen molar-refractivity contribution in [3.8, 4) is 0 Å². The third-order valence-electron chi connectivity index (χ3n) is 2.28. The fraction of sp³-hybridized carbons (Fsp3) is 0.500. The van der Waals surface area contributed by atoms with Gasteiger partial charge in [-0.2, -0.15) is 0 Å². The van der Waals surface area contributed by atoms with Gasteiger partial charge in [-0.3, -0.25) is 19.3 Å². The summed E-state index contributed by atoms with van der Waals surface area (Å²) in [5.74, 6) is -0.825. The van der Waals surface area contributed by atoms with Crippen LogP contribution in [-0.4, -0.2) is 29.0 Å². The van der Waals surface area contributed by atoms with Gasteiger partial charge in [0.25, 0.3) is 11.8 Å². The number of carbonyl (C=O) groups excluding carboxylic acids is 3. The maximum Gasteiger partial charge on any atom is 0.269 e. The summed E-state index contributed by atoms with van der Waals surface area (Å²) in [6.45, 7) is 3.72. The monoisotopic (exact) mass is 351 g/mol. The van der Waals surface area contributed by atoms with Crippen molar-refractivity contribution in [2.24, 2.45) is 5.92 Å². The lowest BCUT2D eigenvalue weighted by molar-refractivity contribution is -0.137. The van der Waals surface area contributed by atoms with E-state index in [4.69, 9.17) is 0 Å². The molecule has 0 atom stereocenters. The zero-order valence-electron chi connectivity index (χ0n) is 8.92. The average Bonchev–Trinajstić information content (AvgIpc) is 2.41. The summed E-state index contributed by atoms with van der Waals surface area (Å²) < 4.78 is 0.434. The smallest absolute Gasteiger partial charge is 0.269 e. The van der Waals surface area contributed by atoms with Crippen molar-refractivity contribution >= 4 is 49.5 Å². The predicted octanol–water partition coefficient (Wildman–Crippen LogP) is 1.97. The quantitative estimate of drug-likeness (QED) is 0.727. The zero-order chi connectivity index (χ0) is 12.5. The van der Waals surface area contributed by atoms with Crippen molar-refractivity contribution in [3.63, 3.8) is 0 Å². The first-order valence-corrected chi connectivity index (χ1v) is 6.39. The predicted molar refractivity (Wildman–Crippen MR) is 66.1 cm³/mol. The minimum Gasteiger partial charge on any atom is -0.299 e. The molecule has 88 valence electrons. The van der Waals surface area contributed by atoms with Crippen LogP contribution in [0.4, 0.5) is 0 Å². The molecule has 4 nitrogen and oxygen atoms in total. The molecule has 1 rings (SSSR count). The molecule has 0 radical (unpaired) electrons. The van der Waals surface area contributed by atoms with Crippen molar-refractivity contribution in [1.82, 2.24) is 4.90 Å². The lowest BCUT2D eigenvalue weighted by Crippen LogP contribution is -2.33. The molecule has 6 heteroatoms. The van der Waals surface area contributed by atoms with Crippen LogP contribution in [-0.2, 0) is 14.4 Å². The van der Waals surface area contributed by atoms with E-state index < -0.39 is 11.8 Å². The molecule has 1 aliphatic heterocycles. The molecule has 0 aromatic rings. The Morgan fingerprint density at radius 3 is 2.00 bits per heavy atom. The fourth-order valence-electron chi connectivity index (χ4n) is 1.23. The molecule has 0 saturated heterocycles. The largest absolute Gasteiger partial charge is 0.299 e. The molecule has 0 fully saturated rings. The van der Waals surface area contributed by atoms with E-state index in [-0.39, 0.29) is 33.6 Å². The second kappa shape index (κ2) is 5.23. The number of hydrogen-bond acceptors (Lipinski definition) is 3. The number of hydrogen-bond donors (Lipinski definition) is 0. The molecule has 0 bridgehead atoms. The lowest BCUT2D eigenvalue weighted by Gasteiger charge is -2.14. The van der Waals surface area contributed by atoms with Gasteiger partial charge in [-0.05, 0) is 31.9 Å². The van der Waals surface area contributed by atoms with Gasteiger partial charge >= 0.3 is 0 Å². The van der Waals surface area contributed by atoms with Gasteiger partial charge < -0.3 is 0 Å². The molecule has 1 heterocycles. The number of carbonyl (C=O) groups is 3. The average molecular weight is 353 g/mol. The topological polar surface area (TPSA) is 54.5 Å². The van der Waals surface area contributed by atoms with Crippen LogP contribution in [0.5, 0.6) is 0 Å². The van der Waals surface area contributed by atoms with Crippen LogP contribution in [0.2, 0.25) is 0 Å². The Bertz CT molecular complexity index is 364. The minimum atomic E-state index is -0.395. The Hall–Kier alpha value is -0.490. The molecule has 2 amide bonds. The van der Waals surface area contributed by atoms with Crippen LogP contribution >= 0.6 is 31.9 Å². The zero-order valence-corrected chi connectivity index (χ0v) is 12.1. The first kappa shape index (κ1) is 13.6. The highest BCUT2D eigenvalue weighted by molar-refractivity contribution is 9.14. The third-order valence-corrected chi connectivity index (χ3v) is 4.29. The van der Waals surface area contributed by atoms with Crippen molar-refractivity contribution in [2.45, 2.75) is 20.3 Å². The van der Waals surface area contributed by atoms with Crippen molar-refractivity contribution in [1.29, 1.82) is 0 Å². The molecule has 0 saturated carbocycles. The van der Waals surface area contributed by atoms with E-state index in [0.29, 0.717) is 0 Å². The number of nitrogens with zero attached hydrogens (tertiary/aromatic N) is 1. The number of rotatable bonds is 4. The van der Waals surface area contributed by atoms with E-state index in [1.165, 1.54) is 0 Å². The second-order valence-corrected chi connectivity index (χ2v) is 5.35. The van der Waals surface area contributed by atoms with Crippen LogP contribution < -0.4 is 0 Å². The van der Waals surface area contributed by atoms with E-state index in [9.17, 15) is 14.4 Å². The number of amides is 2. The maximum atomic E-state index is 11.6. The SMILES string of the molecule is CC(C)C(=O)CCN1C(=O)C(Br)=C(Br)C1=O. The summed E-state index contributed by atoms with van der Waals surface area (Å²) in [5.41, 5.74) is 0. The highest BCUT2D eigenvalue weighted by Crippen LogP contribution is 2.29. The van der Waals surface area contributed by atoms with Gasteiger partial charge in [0, 0.05) is 18.9 Å². The first-order chi connectivity index (χ1) is 7.36. The normalized spacial score (nSPS) is 16.7. The molecule has 16 heavy (non-hydrogen) atoms. The highest BCUT2D eigenvalue weighted by Gasteiger charge is 2.35. The summed E-state index contributed by atoms with van der Waals surface area (Å²) in [6.07, 6.45) is 0.204. The van der Waals surface area contributed by atoms with E-state index in [1.54, 1.807) is 13.8 Å². The summed E-state index contributed by atoms with van der Waals surface area (Å²) in [7, 11) is 0. The van der Waals surface area contributed by atoms with Gasteiger partial charge in [-0.25, -0.2) is 0 Å². The van der Waals surface area contributed by atoms with Gasteiger partial charge in [0.1, 0.15) is 14.7 Å². The van der Waals surface area contributed by atoms with E-state index in [0.717, 1.165) is 4.90 Å². The lowest BCUT2D eigenvalue weighted by atomic mass is 10.1. The Balaban J connectivity index is 2.63. The minimum absolute atomic E-state index is 0.0414. The van der Waals surface area contributed by atoms with Crippen molar-refractivity contribution < 1.29 is 14.4 Å². The number of imide groups is 1. The summed E-state index contributed by atoms with van der Waals surface area (Å²) in [5, 5.41) is 0. The molecule has 0 aromatic carbocycles. The highest BCUT2D eigenvalue weighted by atomic mass is 79.9. The van der Waals surface area contributed by atoms with Crippen LogP contribution in [0.25, 0.3) is 0 Å². The van der Waals surface area contributed by atoms with Gasteiger partial charge in [0.05, 0.1) is 0 Å². The fourth-order valence-corrected chi connectivity index (χ4v) is 2.00. The van der Waals surface area contributed by atoms with Crippen LogP contribution in [0.3, 0.4) is 0 Å². The van der Waals surface area contributed by atoms with Crippen LogP contribution in [0.15, 0.2) is 8.96 Å². The molecular formula is C10H11Br2NO3. The Labute approximate surface area is 110 Å². The van der Waals surface area contributed by atoms with E-state index >= 15 is 0 Å². The van der Waals surface area contributed by atoms with Crippen molar-refractivity contribution in [2.75, 3.05) is 6.54 Å². The second-order valence-electron chi connectivity index (χ2n) is 3.76. The van der Waals surface area contributed by atoms with Gasteiger partial charge in [0.15, 0.2) is 0 Å². The number of ketones is 1. The first-order valence-electron chi connectivity index (χ1n) is 4.80.